The van der Waals surface area contributed by atoms with Gasteiger partial charge in [0.15, 0.2) is 0 Å². The van der Waals surface area contributed by atoms with Crippen molar-refractivity contribution in [3.8, 4) is 0 Å². The van der Waals surface area contributed by atoms with E-state index in [2.05, 4.69) is 0 Å². The highest BCUT2D eigenvalue weighted by molar-refractivity contribution is 5.31. The van der Waals surface area contributed by atoms with Crippen LogP contribution in [0.4, 0.5) is 4.39 Å². The molecule has 1 unspecified atom stereocenters. The lowest BCUT2D eigenvalue weighted by Gasteiger charge is -2.17. The van der Waals surface area contributed by atoms with Gasteiger partial charge in [0, 0.05) is 0 Å². The molecule has 0 fully saturated rings. The van der Waals surface area contributed by atoms with Gasteiger partial charge in [-0.05, 0) is 55.9 Å². The number of benzene rings is 1. The lowest BCUT2D eigenvalue weighted by Crippen LogP contribution is -2.10. The van der Waals surface area contributed by atoms with E-state index in [1.54, 1.807) is 6.07 Å². The van der Waals surface area contributed by atoms with Crippen molar-refractivity contribution in [2.45, 2.75) is 38.7 Å². The zero-order chi connectivity index (χ0) is 11.5. The van der Waals surface area contributed by atoms with E-state index >= 15 is 0 Å². The average Bonchev–Trinajstić information content (AvgIpc) is 2.22. The SMILES string of the molecule is Cc1cc(F)ccc1CC1=CC(O)CCC1. The Hall–Kier alpha value is -1.15. The fourth-order valence-corrected chi connectivity index (χ4v) is 2.23. The lowest BCUT2D eigenvalue weighted by atomic mass is 9.91. The molecule has 1 aromatic rings. The standard InChI is InChI=1S/C14H17FO/c1-10-7-13(15)6-5-12(10)8-11-3-2-4-14(16)9-11/h5-7,9,14,16H,2-4,8H2,1H3. The number of aliphatic hydroxyl groups is 1. The van der Waals surface area contributed by atoms with Crippen LogP contribution < -0.4 is 0 Å². The smallest absolute Gasteiger partial charge is 0.123 e. The highest BCUT2D eigenvalue weighted by Crippen LogP contribution is 2.23. The van der Waals surface area contributed by atoms with Gasteiger partial charge in [-0.2, -0.15) is 0 Å². The number of hydrogen-bond acceptors (Lipinski definition) is 1. The third kappa shape index (κ3) is 2.70. The molecule has 0 aromatic heterocycles. The second kappa shape index (κ2) is 4.79. The summed E-state index contributed by atoms with van der Waals surface area (Å²) in [6.07, 6.45) is 5.46. The zero-order valence-corrected chi connectivity index (χ0v) is 9.54. The van der Waals surface area contributed by atoms with Gasteiger partial charge >= 0.3 is 0 Å². The zero-order valence-electron chi connectivity index (χ0n) is 9.54. The van der Waals surface area contributed by atoms with Crippen LogP contribution in [0, 0.1) is 12.7 Å². The van der Waals surface area contributed by atoms with Crippen LogP contribution in [0.2, 0.25) is 0 Å². The summed E-state index contributed by atoms with van der Waals surface area (Å²) in [5, 5.41) is 9.53. The first kappa shape index (κ1) is 11.3. The number of halogens is 1. The summed E-state index contributed by atoms with van der Waals surface area (Å²) in [6.45, 7) is 1.93. The van der Waals surface area contributed by atoms with Gasteiger partial charge in [-0.3, -0.25) is 0 Å². The Bertz CT molecular complexity index is 409. The summed E-state index contributed by atoms with van der Waals surface area (Å²) in [6, 6.07) is 4.91. The van der Waals surface area contributed by atoms with Gasteiger partial charge in [-0.15, -0.1) is 0 Å². The van der Waals surface area contributed by atoms with E-state index < -0.39 is 0 Å². The van der Waals surface area contributed by atoms with Crippen LogP contribution in [0.15, 0.2) is 29.8 Å². The molecule has 2 rings (SSSR count). The van der Waals surface area contributed by atoms with Crippen molar-refractivity contribution in [1.82, 2.24) is 0 Å². The molecule has 0 radical (unpaired) electrons. The summed E-state index contributed by atoms with van der Waals surface area (Å²) in [5.41, 5.74) is 3.41. The molecule has 0 bridgehead atoms. The number of rotatable bonds is 2. The van der Waals surface area contributed by atoms with E-state index in [9.17, 15) is 9.50 Å². The molecule has 2 heteroatoms. The Balaban J connectivity index is 2.14. The quantitative estimate of drug-likeness (QED) is 0.759. The molecule has 86 valence electrons. The van der Waals surface area contributed by atoms with Gasteiger partial charge in [-0.25, -0.2) is 4.39 Å². The molecule has 1 aliphatic rings. The van der Waals surface area contributed by atoms with E-state index in [0.717, 1.165) is 36.8 Å². The number of aliphatic hydroxyl groups excluding tert-OH is 1. The summed E-state index contributed by atoms with van der Waals surface area (Å²) >= 11 is 0. The monoisotopic (exact) mass is 220 g/mol. The number of aryl methyl sites for hydroxylation is 1. The summed E-state index contributed by atoms with van der Waals surface area (Å²) < 4.78 is 12.9. The summed E-state index contributed by atoms with van der Waals surface area (Å²) in [5.74, 6) is -0.182. The van der Waals surface area contributed by atoms with Crippen LogP contribution in [-0.2, 0) is 6.42 Å². The first-order valence-electron chi connectivity index (χ1n) is 5.78. The molecule has 0 heterocycles. The fraction of sp³-hybridized carbons (Fsp3) is 0.429. The Labute approximate surface area is 95.6 Å². The predicted octanol–water partition coefficient (Wildman–Crippen LogP) is 3.15. The van der Waals surface area contributed by atoms with E-state index in [1.807, 2.05) is 19.1 Å². The van der Waals surface area contributed by atoms with E-state index in [0.29, 0.717) is 0 Å². The largest absolute Gasteiger partial charge is 0.389 e. The molecule has 1 atom stereocenters. The highest BCUT2D eigenvalue weighted by Gasteiger charge is 2.12. The van der Waals surface area contributed by atoms with Crippen molar-refractivity contribution in [3.63, 3.8) is 0 Å². The second-order valence-corrected chi connectivity index (χ2v) is 4.53. The van der Waals surface area contributed by atoms with Crippen LogP contribution >= 0.6 is 0 Å². The summed E-state index contributed by atoms with van der Waals surface area (Å²) in [7, 11) is 0. The predicted molar refractivity (Wildman–Crippen MR) is 62.8 cm³/mol. The van der Waals surface area contributed by atoms with Gasteiger partial charge in [-0.1, -0.05) is 17.7 Å². The molecule has 1 nitrogen and oxygen atoms in total. The Morgan fingerprint density at radius 3 is 2.94 bits per heavy atom. The van der Waals surface area contributed by atoms with Crippen molar-refractivity contribution >= 4 is 0 Å². The van der Waals surface area contributed by atoms with Crippen molar-refractivity contribution in [2.75, 3.05) is 0 Å². The van der Waals surface area contributed by atoms with Crippen LogP contribution in [0.1, 0.15) is 30.4 Å². The molecular weight excluding hydrogens is 203 g/mol. The minimum Gasteiger partial charge on any atom is -0.389 e. The minimum atomic E-state index is -0.287. The van der Waals surface area contributed by atoms with Gasteiger partial charge in [0.25, 0.3) is 0 Å². The van der Waals surface area contributed by atoms with Gasteiger partial charge in [0.05, 0.1) is 6.10 Å². The van der Waals surface area contributed by atoms with Crippen LogP contribution in [-0.4, -0.2) is 11.2 Å². The molecule has 16 heavy (non-hydrogen) atoms. The van der Waals surface area contributed by atoms with Crippen molar-refractivity contribution in [2.24, 2.45) is 0 Å². The molecule has 1 N–H and O–H groups in total. The normalized spacial score (nSPS) is 20.7. The first-order valence-corrected chi connectivity index (χ1v) is 5.78. The maximum atomic E-state index is 12.9. The molecule has 0 saturated carbocycles. The van der Waals surface area contributed by atoms with E-state index in [4.69, 9.17) is 0 Å². The molecular formula is C14H17FO. The molecule has 0 saturated heterocycles. The van der Waals surface area contributed by atoms with Crippen LogP contribution in [0.5, 0.6) is 0 Å². The number of hydrogen-bond donors (Lipinski definition) is 1. The average molecular weight is 220 g/mol. The maximum Gasteiger partial charge on any atom is 0.123 e. The Kier molecular flexibility index (Phi) is 3.39. The van der Waals surface area contributed by atoms with E-state index in [-0.39, 0.29) is 11.9 Å². The third-order valence-corrected chi connectivity index (χ3v) is 3.15. The molecule has 0 aliphatic heterocycles. The number of allylic oxidation sites excluding steroid dienone is 1. The minimum absolute atomic E-state index is 0.182. The van der Waals surface area contributed by atoms with Crippen molar-refractivity contribution in [3.05, 3.63) is 46.8 Å². The molecule has 1 aliphatic carbocycles. The van der Waals surface area contributed by atoms with Gasteiger partial charge in [0.1, 0.15) is 5.82 Å². The molecule has 1 aromatic carbocycles. The Morgan fingerprint density at radius 2 is 2.25 bits per heavy atom. The fourth-order valence-electron chi connectivity index (χ4n) is 2.23. The van der Waals surface area contributed by atoms with Gasteiger partial charge in [0.2, 0.25) is 0 Å². The first-order chi connectivity index (χ1) is 7.65. The topological polar surface area (TPSA) is 20.2 Å². The van der Waals surface area contributed by atoms with Crippen LogP contribution in [0.25, 0.3) is 0 Å². The highest BCUT2D eigenvalue weighted by atomic mass is 19.1. The lowest BCUT2D eigenvalue weighted by molar-refractivity contribution is 0.202. The summed E-state index contributed by atoms with van der Waals surface area (Å²) in [4.78, 5) is 0. The van der Waals surface area contributed by atoms with E-state index in [1.165, 1.54) is 11.6 Å². The molecule has 0 spiro atoms. The Morgan fingerprint density at radius 1 is 1.44 bits per heavy atom. The molecule has 0 amide bonds. The van der Waals surface area contributed by atoms with Crippen molar-refractivity contribution in [1.29, 1.82) is 0 Å². The van der Waals surface area contributed by atoms with Crippen molar-refractivity contribution < 1.29 is 9.50 Å². The maximum absolute atomic E-state index is 12.9. The second-order valence-electron chi connectivity index (χ2n) is 4.53. The van der Waals surface area contributed by atoms with Gasteiger partial charge < -0.3 is 5.11 Å². The third-order valence-electron chi connectivity index (χ3n) is 3.15. The van der Waals surface area contributed by atoms with Crippen LogP contribution in [0.3, 0.4) is 0 Å².